The van der Waals surface area contributed by atoms with Crippen molar-refractivity contribution in [2.24, 2.45) is 0 Å². The molecule has 94 valence electrons. The number of hydrogen-bond donors (Lipinski definition) is 2. The van der Waals surface area contributed by atoms with Crippen molar-refractivity contribution in [2.75, 3.05) is 19.8 Å². The summed E-state index contributed by atoms with van der Waals surface area (Å²) in [6, 6.07) is -0.661. The topological polar surface area (TPSA) is 93.7 Å². The number of ether oxygens (including phenoxy) is 2. The Kier molecular flexibility index (Phi) is 3.70. The molecule has 0 radical (unpaired) electrons. The van der Waals surface area contributed by atoms with E-state index in [0.717, 1.165) is 0 Å². The Morgan fingerprint density at radius 3 is 2.82 bits per heavy atom. The summed E-state index contributed by atoms with van der Waals surface area (Å²) in [5.41, 5.74) is 0. The summed E-state index contributed by atoms with van der Waals surface area (Å²) in [5.74, 6) is -1.15. The number of hydrogen-bond acceptors (Lipinski definition) is 5. The maximum atomic E-state index is 11.7. The molecule has 2 saturated heterocycles. The van der Waals surface area contributed by atoms with Crippen LogP contribution in [0.3, 0.4) is 0 Å². The number of piperidine rings is 1. The van der Waals surface area contributed by atoms with E-state index in [1.165, 1.54) is 0 Å². The molecule has 2 heterocycles. The minimum absolute atomic E-state index is 0.194. The van der Waals surface area contributed by atoms with Gasteiger partial charge < -0.3 is 14.8 Å². The van der Waals surface area contributed by atoms with Crippen LogP contribution in [-0.2, 0) is 23.9 Å². The molecule has 2 aliphatic heterocycles. The third-order valence-electron chi connectivity index (χ3n) is 2.66. The maximum absolute atomic E-state index is 11.7. The van der Waals surface area contributed by atoms with Crippen molar-refractivity contribution in [3.05, 3.63) is 0 Å². The van der Waals surface area contributed by atoms with Gasteiger partial charge in [0.2, 0.25) is 11.8 Å². The van der Waals surface area contributed by atoms with Crippen LogP contribution in [-0.4, -0.2) is 49.7 Å². The zero-order valence-corrected chi connectivity index (χ0v) is 9.23. The quantitative estimate of drug-likeness (QED) is 0.564. The van der Waals surface area contributed by atoms with E-state index in [0.29, 0.717) is 19.6 Å². The molecule has 0 bridgehead atoms. The number of carbonyl (C=O) groups is 3. The van der Waals surface area contributed by atoms with Gasteiger partial charge in [-0.25, -0.2) is 0 Å². The minimum atomic E-state index is -0.672. The standard InChI is InChI=1S/C10H14N2O5/c13-8-2-1-6(9(14)12-8)11-10(15)7-5-16-3-4-17-7/h6-7H,1-5H2,(H,11,15)(H,12,13,14). The van der Waals surface area contributed by atoms with Crippen molar-refractivity contribution in [3.63, 3.8) is 0 Å². The van der Waals surface area contributed by atoms with Crippen LogP contribution in [0.15, 0.2) is 0 Å². The van der Waals surface area contributed by atoms with Gasteiger partial charge in [0.05, 0.1) is 19.8 Å². The van der Waals surface area contributed by atoms with Crippen LogP contribution in [0.1, 0.15) is 12.8 Å². The molecular formula is C10H14N2O5. The first-order chi connectivity index (χ1) is 8.16. The number of carbonyl (C=O) groups excluding carboxylic acids is 3. The van der Waals surface area contributed by atoms with Gasteiger partial charge in [0.1, 0.15) is 6.04 Å². The largest absolute Gasteiger partial charge is 0.376 e. The fraction of sp³-hybridized carbons (Fsp3) is 0.700. The number of imide groups is 1. The van der Waals surface area contributed by atoms with E-state index >= 15 is 0 Å². The van der Waals surface area contributed by atoms with E-state index in [4.69, 9.17) is 9.47 Å². The first-order valence-corrected chi connectivity index (χ1v) is 5.50. The van der Waals surface area contributed by atoms with Crippen molar-refractivity contribution < 1.29 is 23.9 Å². The Labute approximate surface area is 97.8 Å². The van der Waals surface area contributed by atoms with Gasteiger partial charge in [0.15, 0.2) is 6.10 Å². The maximum Gasteiger partial charge on any atom is 0.252 e. The minimum Gasteiger partial charge on any atom is -0.376 e. The lowest BCUT2D eigenvalue weighted by Crippen LogP contribution is -2.55. The van der Waals surface area contributed by atoms with Gasteiger partial charge in [-0.15, -0.1) is 0 Å². The van der Waals surface area contributed by atoms with Crippen LogP contribution in [0.25, 0.3) is 0 Å². The number of nitrogens with one attached hydrogen (secondary N) is 2. The van der Waals surface area contributed by atoms with Crippen LogP contribution >= 0.6 is 0 Å². The normalized spacial score (nSPS) is 29.6. The first kappa shape index (κ1) is 12.0. The molecule has 0 aromatic heterocycles. The Hall–Kier alpha value is -1.47. The molecule has 0 aromatic carbocycles. The van der Waals surface area contributed by atoms with E-state index < -0.39 is 18.1 Å². The lowest BCUT2D eigenvalue weighted by Gasteiger charge is -2.26. The number of amides is 3. The molecule has 0 spiro atoms. The molecule has 2 aliphatic rings. The second-order valence-corrected chi connectivity index (χ2v) is 3.95. The van der Waals surface area contributed by atoms with Gasteiger partial charge in [-0.2, -0.15) is 0 Å². The SMILES string of the molecule is O=C1CCC(NC(=O)C2COCCO2)C(=O)N1. The predicted molar refractivity (Wildman–Crippen MR) is 54.9 cm³/mol. The highest BCUT2D eigenvalue weighted by Crippen LogP contribution is 2.06. The highest BCUT2D eigenvalue weighted by Gasteiger charge is 2.31. The van der Waals surface area contributed by atoms with Gasteiger partial charge in [-0.05, 0) is 6.42 Å². The zero-order valence-electron chi connectivity index (χ0n) is 9.23. The fourth-order valence-corrected chi connectivity index (χ4v) is 1.74. The van der Waals surface area contributed by atoms with Crippen LogP contribution in [0.2, 0.25) is 0 Å². The summed E-state index contributed by atoms with van der Waals surface area (Å²) >= 11 is 0. The third-order valence-corrected chi connectivity index (χ3v) is 2.66. The van der Waals surface area contributed by atoms with Gasteiger partial charge in [-0.3, -0.25) is 19.7 Å². The van der Waals surface area contributed by atoms with Crippen LogP contribution in [0.5, 0.6) is 0 Å². The van der Waals surface area contributed by atoms with Crippen LogP contribution < -0.4 is 10.6 Å². The first-order valence-electron chi connectivity index (χ1n) is 5.50. The summed E-state index contributed by atoms with van der Waals surface area (Å²) in [4.78, 5) is 34.0. The second kappa shape index (κ2) is 5.24. The molecule has 3 amide bonds. The van der Waals surface area contributed by atoms with Gasteiger partial charge in [0.25, 0.3) is 5.91 Å². The van der Waals surface area contributed by atoms with E-state index in [-0.39, 0.29) is 24.8 Å². The molecule has 2 atom stereocenters. The van der Waals surface area contributed by atoms with Crippen molar-refractivity contribution >= 4 is 17.7 Å². The summed E-state index contributed by atoms with van der Waals surface area (Å²) in [5, 5.41) is 4.72. The van der Waals surface area contributed by atoms with E-state index in [9.17, 15) is 14.4 Å². The van der Waals surface area contributed by atoms with Gasteiger partial charge in [0, 0.05) is 6.42 Å². The van der Waals surface area contributed by atoms with E-state index in [1.54, 1.807) is 0 Å². The lowest BCUT2D eigenvalue weighted by atomic mass is 10.1. The molecule has 2 rings (SSSR count). The molecule has 2 unspecified atom stereocenters. The molecule has 7 heteroatoms. The summed E-state index contributed by atoms with van der Waals surface area (Å²) < 4.78 is 10.3. The summed E-state index contributed by atoms with van der Waals surface area (Å²) in [7, 11) is 0. The Bertz CT molecular complexity index is 338. The monoisotopic (exact) mass is 242 g/mol. The molecule has 0 aliphatic carbocycles. The highest BCUT2D eigenvalue weighted by atomic mass is 16.6. The molecule has 0 aromatic rings. The smallest absolute Gasteiger partial charge is 0.252 e. The van der Waals surface area contributed by atoms with E-state index in [1.807, 2.05) is 0 Å². The second-order valence-electron chi connectivity index (χ2n) is 3.95. The summed E-state index contributed by atoms with van der Waals surface area (Å²) in [6.07, 6.45) is -0.114. The average Bonchev–Trinajstić information content (AvgIpc) is 2.34. The molecule has 17 heavy (non-hydrogen) atoms. The number of rotatable bonds is 2. The van der Waals surface area contributed by atoms with Crippen molar-refractivity contribution in [1.29, 1.82) is 0 Å². The Morgan fingerprint density at radius 2 is 2.18 bits per heavy atom. The third kappa shape index (κ3) is 3.01. The zero-order chi connectivity index (χ0) is 12.3. The average molecular weight is 242 g/mol. The Morgan fingerprint density at radius 1 is 1.35 bits per heavy atom. The molecular weight excluding hydrogens is 228 g/mol. The molecule has 7 nitrogen and oxygen atoms in total. The van der Waals surface area contributed by atoms with Crippen molar-refractivity contribution in [2.45, 2.75) is 25.0 Å². The van der Waals surface area contributed by atoms with Crippen molar-refractivity contribution in [3.8, 4) is 0 Å². The molecule has 0 saturated carbocycles. The Balaban J connectivity index is 1.85. The van der Waals surface area contributed by atoms with Crippen LogP contribution in [0, 0.1) is 0 Å². The summed E-state index contributed by atoms with van der Waals surface area (Å²) in [6.45, 7) is 1.04. The van der Waals surface area contributed by atoms with Gasteiger partial charge in [-0.1, -0.05) is 0 Å². The predicted octanol–water partition coefficient (Wildman–Crippen LogP) is -1.68. The van der Waals surface area contributed by atoms with E-state index in [2.05, 4.69) is 10.6 Å². The highest BCUT2D eigenvalue weighted by molar-refractivity contribution is 6.01. The van der Waals surface area contributed by atoms with Gasteiger partial charge >= 0.3 is 0 Å². The van der Waals surface area contributed by atoms with Crippen LogP contribution in [0.4, 0.5) is 0 Å². The molecule has 2 fully saturated rings. The lowest BCUT2D eigenvalue weighted by molar-refractivity contribution is -0.150. The van der Waals surface area contributed by atoms with Crippen molar-refractivity contribution in [1.82, 2.24) is 10.6 Å². The molecule has 2 N–H and O–H groups in total. The fourth-order valence-electron chi connectivity index (χ4n) is 1.74.